The van der Waals surface area contributed by atoms with E-state index < -0.39 is 29.8 Å². The van der Waals surface area contributed by atoms with E-state index in [0.29, 0.717) is 13.0 Å². The maximum atomic E-state index is 10.4. The molecule has 28 heavy (non-hydrogen) atoms. The fraction of sp³-hybridized carbons (Fsp3) is 0.913. The molecule has 2 saturated carbocycles. The van der Waals surface area contributed by atoms with Crippen molar-refractivity contribution >= 4 is 0 Å². The molecule has 0 aliphatic heterocycles. The van der Waals surface area contributed by atoms with Crippen molar-refractivity contribution < 1.29 is 25.2 Å². The lowest BCUT2D eigenvalue weighted by molar-refractivity contribution is -0.167. The lowest BCUT2D eigenvalue weighted by Crippen LogP contribution is -2.39. The number of hydrogen-bond acceptors (Lipinski definition) is 5. The van der Waals surface area contributed by atoms with Crippen molar-refractivity contribution in [2.45, 2.75) is 91.1 Å². The van der Waals surface area contributed by atoms with Crippen molar-refractivity contribution in [3.63, 3.8) is 0 Å². The summed E-state index contributed by atoms with van der Waals surface area (Å²) in [6.45, 7) is 9.02. The second-order valence-corrected chi connectivity index (χ2v) is 9.76. The molecule has 0 bridgehead atoms. The van der Waals surface area contributed by atoms with Gasteiger partial charge in [-0.2, -0.15) is 0 Å². The molecule has 4 N–H and O–H groups in total. The van der Waals surface area contributed by atoms with E-state index in [-0.39, 0.29) is 12.5 Å². The molecule has 5 heteroatoms. The minimum Gasteiger partial charge on any atom is -0.396 e. The minimum absolute atomic E-state index is 0.183. The van der Waals surface area contributed by atoms with Crippen LogP contribution in [0.5, 0.6) is 0 Å². The predicted octanol–water partition coefficient (Wildman–Crippen LogP) is 3.25. The largest absolute Gasteiger partial charge is 0.396 e. The van der Waals surface area contributed by atoms with Crippen LogP contribution in [0.15, 0.2) is 11.6 Å². The Labute approximate surface area is 170 Å². The molecule has 7 atom stereocenters. The fourth-order valence-electron chi connectivity index (χ4n) is 4.91. The summed E-state index contributed by atoms with van der Waals surface area (Å²) >= 11 is 0. The molecule has 0 saturated heterocycles. The van der Waals surface area contributed by atoms with Crippen LogP contribution in [0, 0.1) is 29.1 Å². The lowest BCUT2D eigenvalue weighted by Gasteiger charge is -2.27. The summed E-state index contributed by atoms with van der Waals surface area (Å²) in [4.78, 5) is 0. The van der Waals surface area contributed by atoms with Crippen LogP contribution in [-0.2, 0) is 4.74 Å². The molecule has 164 valence electrons. The highest BCUT2D eigenvalue weighted by molar-refractivity contribution is 5.20. The highest BCUT2D eigenvalue weighted by Crippen LogP contribution is 2.67. The van der Waals surface area contributed by atoms with E-state index in [0.717, 1.165) is 18.3 Å². The monoisotopic (exact) mass is 398 g/mol. The summed E-state index contributed by atoms with van der Waals surface area (Å²) in [5, 5.41) is 40.3. The number of aliphatic hydroxyl groups is 4. The van der Waals surface area contributed by atoms with Gasteiger partial charge in [0, 0.05) is 5.92 Å². The zero-order valence-corrected chi connectivity index (χ0v) is 18.2. The maximum absolute atomic E-state index is 10.4. The predicted molar refractivity (Wildman–Crippen MR) is 111 cm³/mol. The number of rotatable bonds is 13. The van der Waals surface area contributed by atoms with Gasteiger partial charge in [-0.05, 0) is 43.9 Å². The normalized spacial score (nSPS) is 34.5. The van der Waals surface area contributed by atoms with Crippen LogP contribution < -0.4 is 0 Å². The number of aliphatic hydroxyl groups excluding tert-OH is 4. The van der Waals surface area contributed by atoms with Crippen LogP contribution >= 0.6 is 0 Å². The molecular weight excluding hydrogens is 356 g/mol. The summed E-state index contributed by atoms with van der Waals surface area (Å²) in [5.41, 5.74) is 0.451. The number of ether oxygens (including phenoxy) is 1. The van der Waals surface area contributed by atoms with Crippen molar-refractivity contribution in [2.75, 3.05) is 13.2 Å². The number of allylic oxidation sites excluding steroid dienone is 1. The molecule has 0 aromatic carbocycles. The first-order chi connectivity index (χ1) is 13.2. The standard InChI is InChI=1S/C23H42O5/c1-15(2)7-5-8-16(3)9-6-10-17(4)11-12-28-22(27)23-13-19(23)20(25)18(14-24)21(23)26/h11,15-16,18-22,24-27H,5-10,12-14H2,1-4H3/b17-11+. The molecule has 0 amide bonds. The molecular formula is C23H42O5. The minimum atomic E-state index is -1.11. The first-order valence-corrected chi connectivity index (χ1v) is 11.2. The van der Waals surface area contributed by atoms with E-state index in [1.54, 1.807) is 0 Å². The Balaban J connectivity index is 1.65. The van der Waals surface area contributed by atoms with E-state index in [1.807, 2.05) is 6.08 Å². The van der Waals surface area contributed by atoms with Crippen molar-refractivity contribution in [3.05, 3.63) is 11.6 Å². The van der Waals surface area contributed by atoms with Gasteiger partial charge in [-0.3, -0.25) is 0 Å². The Morgan fingerprint density at radius 3 is 2.43 bits per heavy atom. The van der Waals surface area contributed by atoms with Crippen LogP contribution in [0.25, 0.3) is 0 Å². The molecule has 7 unspecified atom stereocenters. The van der Waals surface area contributed by atoms with Gasteiger partial charge in [-0.1, -0.05) is 58.1 Å². The van der Waals surface area contributed by atoms with Crippen LogP contribution in [0.2, 0.25) is 0 Å². The lowest BCUT2D eigenvalue weighted by atomic mass is 9.92. The maximum Gasteiger partial charge on any atom is 0.163 e. The summed E-state index contributed by atoms with van der Waals surface area (Å²) in [7, 11) is 0. The molecule has 0 aromatic heterocycles. The molecule has 5 nitrogen and oxygen atoms in total. The molecule has 2 aliphatic carbocycles. The Morgan fingerprint density at radius 1 is 1.14 bits per heavy atom. The molecule has 0 radical (unpaired) electrons. The van der Waals surface area contributed by atoms with Gasteiger partial charge in [-0.15, -0.1) is 0 Å². The van der Waals surface area contributed by atoms with Crippen LogP contribution in [-0.4, -0.2) is 52.1 Å². The smallest absolute Gasteiger partial charge is 0.163 e. The van der Waals surface area contributed by atoms with Gasteiger partial charge in [0.05, 0.1) is 30.8 Å². The quantitative estimate of drug-likeness (QED) is 0.282. The zero-order valence-electron chi connectivity index (χ0n) is 18.2. The van der Waals surface area contributed by atoms with Crippen LogP contribution in [0.1, 0.15) is 72.6 Å². The van der Waals surface area contributed by atoms with E-state index in [4.69, 9.17) is 4.74 Å². The SMILES string of the molecule is C/C(=C\COC(O)C12CC1C(O)C(CO)C2O)CCCC(C)CCCC(C)C. The highest BCUT2D eigenvalue weighted by atomic mass is 16.6. The molecule has 0 aromatic rings. The molecule has 2 aliphatic rings. The summed E-state index contributed by atoms with van der Waals surface area (Å²) in [6, 6.07) is 0. The Morgan fingerprint density at radius 2 is 1.82 bits per heavy atom. The number of hydrogen-bond donors (Lipinski definition) is 4. The van der Waals surface area contributed by atoms with Crippen molar-refractivity contribution in [2.24, 2.45) is 29.1 Å². The van der Waals surface area contributed by atoms with Gasteiger partial charge in [-0.25, -0.2) is 0 Å². The topological polar surface area (TPSA) is 90.2 Å². The first kappa shape index (κ1) is 23.8. The molecule has 0 spiro atoms. The average Bonchev–Trinajstić information content (AvgIpc) is 3.34. The van der Waals surface area contributed by atoms with Crippen molar-refractivity contribution in [1.82, 2.24) is 0 Å². The molecule has 0 heterocycles. The highest BCUT2D eigenvalue weighted by Gasteiger charge is 2.74. The number of fused-ring (bicyclic) bond motifs is 1. The first-order valence-electron chi connectivity index (χ1n) is 11.2. The third-order valence-electron chi connectivity index (χ3n) is 7.01. The van der Waals surface area contributed by atoms with E-state index >= 15 is 0 Å². The summed E-state index contributed by atoms with van der Waals surface area (Å²) < 4.78 is 5.58. The van der Waals surface area contributed by atoms with Gasteiger partial charge in [0.1, 0.15) is 0 Å². The van der Waals surface area contributed by atoms with Crippen molar-refractivity contribution in [3.8, 4) is 0 Å². The Hall–Kier alpha value is -0.460. The van der Waals surface area contributed by atoms with Gasteiger partial charge >= 0.3 is 0 Å². The second-order valence-electron chi connectivity index (χ2n) is 9.76. The fourth-order valence-corrected chi connectivity index (χ4v) is 4.91. The van der Waals surface area contributed by atoms with Gasteiger partial charge in [0.15, 0.2) is 6.29 Å². The van der Waals surface area contributed by atoms with Gasteiger partial charge < -0.3 is 25.2 Å². The zero-order chi connectivity index (χ0) is 20.9. The Bertz CT molecular complexity index is 505. The van der Waals surface area contributed by atoms with E-state index in [2.05, 4.69) is 27.7 Å². The average molecular weight is 399 g/mol. The van der Waals surface area contributed by atoms with Crippen LogP contribution in [0.4, 0.5) is 0 Å². The second kappa shape index (κ2) is 10.5. The van der Waals surface area contributed by atoms with Crippen molar-refractivity contribution in [1.29, 1.82) is 0 Å². The van der Waals surface area contributed by atoms with Gasteiger partial charge in [0.2, 0.25) is 0 Å². The molecule has 2 fully saturated rings. The Kier molecular flexibility index (Phi) is 8.96. The van der Waals surface area contributed by atoms with Crippen LogP contribution in [0.3, 0.4) is 0 Å². The van der Waals surface area contributed by atoms with E-state index in [9.17, 15) is 20.4 Å². The third kappa shape index (κ3) is 5.57. The summed E-state index contributed by atoms with van der Waals surface area (Å²) in [5.74, 6) is 0.792. The molecule has 2 rings (SSSR count). The van der Waals surface area contributed by atoms with Gasteiger partial charge in [0.25, 0.3) is 0 Å². The van der Waals surface area contributed by atoms with E-state index in [1.165, 1.54) is 37.7 Å². The summed E-state index contributed by atoms with van der Waals surface area (Å²) in [6.07, 6.45) is 7.14. The third-order valence-corrected chi connectivity index (χ3v) is 7.01.